The highest BCUT2D eigenvalue weighted by molar-refractivity contribution is 5.88. The summed E-state index contributed by atoms with van der Waals surface area (Å²) >= 11 is 0. The fourth-order valence-corrected chi connectivity index (χ4v) is 2.21. The largest absolute Gasteiger partial charge is 0.497 e. The van der Waals surface area contributed by atoms with Crippen molar-refractivity contribution in [2.24, 2.45) is 0 Å². The summed E-state index contributed by atoms with van der Waals surface area (Å²) in [4.78, 5) is 4.49. The Bertz CT molecular complexity index is 800. The number of hydrogen-bond acceptors (Lipinski definition) is 4. The molecule has 0 spiro atoms. The highest BCUT2D eigenvalue weighted by Gasteiger charge is 2.07. The van der Waals surface area contributed by atoms with Crippen molar-refractivity contribution >= 4 is 16.6 Å². The van der Waals surface area contributed by atoms with E-state index in [0.717, 1.165) is 28.1 Å². The Morgan fingerprint density at radius 1 is 1.00 bits per heavy atom. The van der Waals surface area contributed by atoms with Gasteiger partial charge in [-0.2, -0.15) is 0 Å². The summed E-state index contributed by atoms with van der Waals surface area (Å²) in [6, 6.07) is 15.0. The molecule has 21 heavy (non-hydrogen) atoms. The molecular formula is C17H16N2O2. The minimum Gasteiger partial charge on any atom is -0.497 e. The lowest BCUT2D eigenvalue weighted by atomic mass is 10.1. The molecule has 4 nitrogen and oxygen atoms in total. The van der Waals surface area contributed by atoms with E-state index in [0.29, 0.717) is 11.4 Å². The van der Waals surface area contributed by atoms with Crippen molar-refractivity contribution in [2.75, 3.05) is 12.8 Å². The first-order chi connectivity index (χ1) is 10.2. The third-order valence-corrected chi connectivity index (χ3v) is 3.19. The number of anilines is 1. The van der Waals surface area contributed by atoms with Gasteiger partial charge < -0.3 is 15.2 Å². The zero-order chi connectivity index (χ0) is 14.8. The van der Waals surface area contributed by atoms with Crippen LogP contribution in [0.15, 0.2) is 48.5 Å². The Kier molecular flexibility index (Phi) is 3.36. The van der Waals surface area contributed by atoms with Crippen LogP contribution in [0.2, 0.25) is 0 Å². The van der Waals surface area contributed by atoms with Crippen LogP contribution in [-0.2, 0) is 0 Å². The van der Waals surface area contributed by atoms with Crippen LogP contribution in [0.5, 0.6) is 17.2 Å². The zero-order valence-corrected chi connectivity index (χ0v) is 12.0. The molecule has 4 heteroatoms. The number of fused-ring (bicyclic) bond motifs is 1. The van der Waals surface area contributed by atoms with Crippen molar-refractivity contribution in [1.82, 2.24) is 4.98 Å². The molecule has 2 aromatic carbocycles. The van der Waals surface area contributed by atoms with Crippen molar-refractivity contribution in [1.29, 1.82) is 0 Å². The summed E-state index contributed by atoms with van der Waals surface area (Å²) in [5.74, 6) is 2.20. The number of pyridine rings is 1. The Morgan fingerprint density at radius 2 is 1.81 bits per heavy atom. The molecule has 0 fully saturated rings. The van der Waals surface area contributed by atoms with Gasteiger partial charge in [-0.1, -0.05) is 6.07 Å². The van der Waals surface area contributed by atoms with E-state index >= 15 is 0 Å². The Labute approximate surface area is 123 Å². The van der Waals surface area contributed by atoms with E-state index in [1.54, 1.807) is 7.11 Å². The smallest absolute Gasteiger partial charge is 0.138 e. The van der Waals surface area contributed by atoms with Gasteiger partial charge in [0.1, 0.15) is 17.2 Å². The van der Waals surface area contributed by atoms with E-state index in [2.05, 4.69) is 4.98 Å². The Hall–Kier alpha value is -2.75. The minimum absolute atomic E-state index is 0.684. The number of hydrogen-bond donors (Lipinski definition) is 1. The number of ether oxygens (including phenoxy) is 2. The van der Waals surface area contributed by atoms with Gasteiger partial charge in [0.25, 0.3) is 0 Å². The fraction of sp³-hybridized carbons (Fsp3) is 0.118. The number of nitrogens with two attached hydrogens (primary N) is 1. The van der Waals surface area contributed by atoms with Gasteiger partial charge in [-0.25, -0.2) is 0 Å². The van der Waals surface area contributed by atoms with E-state index in [1.165, 1.54) is 0 Å². The van der Waals surface area contributed by atoms with E-state index in [-0.39, 0.29) is 0 Å². The minimum atomic E-state index is 0.684. The van der Waals surface area contributed by atoms with Gasteiger partial charge in [-0.3, -0.25) is 4.98 Å². The molecule has 0 aliphatic rings. The molecule has 0 radical (unpaired) electrons. The van der Waals surface area contributed by atoms with Gasteiger partial charge in [-0.15, -0.1) is 0 Å². The van der Waals surface area contributed by atoms with Crippen molar-refractivity contribution < 1.29 is 9.47 Å². The molecule has 2 N–H and O–H groups in total. The molecule has 0 amide bonds. The van der Waals surface area contributed by atoms with Crippen molar-refractivity contribution in [3.8, 4) is 17.2 Å². The molecule has 106 valence electrons. The van der Waals surface area contributed by atoms with Crippen LogP contribution in [0.1, 0.15) is 5.69 Å². The Balaban J connectivity index is 2.08. The quantitative estimate of drug-likeness (QED) is 0.739. The van der Waals surface area contributed by atoms with Crippen molar-refractivity contribution in [3.63, 3.8) is 0 Å². The molecule has 1 aromatic heterocycles. The van der Waals surface area contributed by atoms with Crippen LogP contribution in [0.3, 0.4) is 0 Å². The molecule has 0 aliphatic carbocycles. The fourth-order valence-electron chi connectivity index (χ4n) is 2.21. The predicted octanol–water partition coefficient (Wildman–Crippen LogP) is 3.93. The molecule has 0 aliphatic heterocycles. The number of aryl methyl sites for hydroxylation is 1. The standard InChI is InChI=1S/C17H16N2O2/c1-11-8-17(15-9-12(18)6-7-16(15)19-11)21-14-5-3-4-13(10-14)20-2/h3-10H,18H2,1-2H3. The van der Waals surface area contributed by atoms with Crippen molar-refractivity contribution in [2.45, 2.75) is 6.92 Å². The average Bonchev–Trinajstić information content (AvgIpc) is 2.48. The van der Waals surface area contributed by atoms with E-state index in [4.69, 9.17) is 15.2 Å². The number of methoxy groups -OCH3 is 1. The second-order valence-corrected chi connectivity index (χ2v) is 4.82. The zero-order valence-electron chi connectivity index (χ0n) is 12.0. The Morgan fingerprint density at radius 3 is 2.62 bits per heavy atom. The van der Waals surface area contributed by atoms with Crippen LogP contribution >= 0.6 is 0 Å². The number of nitrogens with zero attached hydrogens (tertiary/aromatic N) is 1. The predicted molar refractivity (Wildman–Crippen MR) is 84.0 cm³/mol. The maximum Gasteiger partial charge on any atom is 0.138 e. The SMILES string of the molecule is COc1cccc(Oc2cc(C)nc3ccc(N)cc23)c1. The molecule has 0 atom stereocenters. The second kappa shape index (κ2) is 5.32. The number of nitrogen functional groups attached to an aromatic ring is 1. The third kappa shape index (κ3) is 2.74. The number of aromatic nitrogens is 1. The highest BCUT2D eigenvalue weighted by Crippen LogP contribution is 2.32. The van der Waals surface area contributed by atoms with E-state index in [9.17, 15) is 0 Å². The third-order valence-electron chi connectivity index (χ3n) is 3.19. The summed E-state index contributed by atoms with van der Waals surface area (Å²) in [7, 11) is 1.63. The molecule has 3 rings (SSSR count). The normalized spacial score (nSPS) is 10.6. The van der Waals surface area contributed by atoms with Crippen LogP contribution in [0, 0.1) is 6.92 Å². The monoisotopic (exact) mass is 280 g/mol. The van der Waals surface area contributed by atoms with Gasteiger partial charge in [0.15, 0.2) is 0 Å². The summed E-state index contributed by atoms with van der Waals surface area (Å²) < 4.78 is 11.2. The molecular weight excluding hydrogens is 264 g/mol. The maximum atomic E-state index is 5.99. The molecule has 0 saturated carbocycles. The van der Waals surface area contributed by atoms with E-state index in [1.807, 2.05) is 55.5 Å². The lowest BCUT2D eigenvalue weighted by Gasteiger charge is -2.11. The second-order valence-electron chi connectivity index (χ2n) is 4.82. The van der Waals surface area contributed by atoms with Crippen LogP contribution in [0.25, 0.3) is 10.9 Å². The first kappa shape index (κ1) is 13.2. The summed E-state index contributed by atoms with van der Waals surface area (Å²) in [6.07, 6.45) is 0. The lowest BCUT2D eigenvalue weighted by Crippen LogP contribution is -1.93. The molecule has 0 saturated heterocycles. The summed E-state index contributed by atoms with van der Waals surface area (Å²) in [5.41, 5.74) is 8.31. The lowest BCUT2D eigenvalue weighted by molar-refractivity contribution is 0.409. The molecule has 1 heterocycles. The summed E-state index contributed by atoms with van der Waals surface area (Å²) in [6.45, 7) is 1.94. The van der Waals surface area contributed by atoms with Gasteiger partial charge in [0, 0.05) is 28.9 Å². The number of rotatable bonds is 3. The summed E-state index contributed by atoms with van der Waals surface area (Å²) in [5, 5.41) is 0.892. The van der Waals surface area contributed by atoms with E-state index < -0.39 is 0 Å². The highest BCUT2D eigenvalue weighted by atomic mass is 16.5. The topological polar surface area (TPSA) is 57.4 Å². The average molecular weight is 280 g/mol. The van der Waals surface area contributed by atoms with Crippen LogP contribution in [-0.4, -0.2) is 12.1 Å². The molecule has 3 aromatic rings. The number of benzene rings is 2. The van der Waals surface area contributed by atoms with Crippen LogP contribution < -0.4 is 15.2 Å². The van der Waals surface area contributed by atoms with Crippen molar-refractivity contribution in [3.05, 3.63) is 54.2 Å². The van der Waals surface area contributed by atoms with Gasteiger partial charge in [0.05, 0.1) is 12.6 Å². The first-order valence-electron chi connectivity index (χ1n) is 6.64. The molecule has 0 unspecified atom stereocenters. The van der Waals surface area contributed by atoms with Gasteiger partial charge in [-0.05, 0) is 37.3 Å². The maximum absolute atomic E-state index is 5.99. The molecule has 0 bridgehead atoms. The van der Waals surface area contributed by atoms with Crippen LogP contribution in [0.4, 0.5) is 5.69 Å². The van der Waals surface area contributed by atoms with Gasteiger partial charge >= 0.3 is 0 Å². The van der Waals surface area contributed by atoms with Gasteiger partial charge in [0.2, 0.25) is 0 Å². The first-order valence-corrected chi connectivity index (χ1v) is 6.64.